The number of hydrogen-bond donors (Lipinski definition) is 0. The van der Waals surface area contributed by atoms with Crippen molar-refractivity contribution < 1.29 is 0 Å². The van der Waals surface area contributed by atoms with E-state index in [1.807, 2.05) is 11.3 Å². The van der Waals surface area contributed by atoms with Crippen LogP contribution in [0.3, 0.4) is 0 Å². The van der Waals surface area contributed by atoms with Gasteiger partial charge >= 0.3 is 0 Å². The predicted octanol–water partition coefficient (Wildman–Crippen LogP) is 17.3. The third kappa shape index (κ3) is 6.58. The number of aromatic nitrogens is 1. The SMILES string of the molecule is c1ccc(-c2ccc(-c3ccc(N(c4ccc(-c5cccc(-c6ccccc6-n6c7ccccc7c7ccccc76)c5)cc4)c4ccc5c(c4)sc4ccccc45)cc3)cc2)cc1. The molecule has 12 rings (SSSR count). The number of rotatable bonds is 8. The van der Waals surface area contributed by atoms with Crippen molar-refractivity contribution in [2.75, 3.05) is 4.90 Å². The molecule has 0 atom stereocenters. The molecule has 0 aliphatic heterocycles. The van der Waals surface area contributed by atoms with Gasteiger partial charge in [0.25, 0.3) is 0 Å². The summed E-state index contributed by atoms with van der Waals surface area (Å²) in [5.41, 5.74) is 16.5. The summed E-state index contributed by atoms with van der Waals surface area (Å²) < 4.78 is 5.01. The van der Waals surface area contributed by atoms with Gasteiger partial charge in [0.2, 0.25) is 0 Å². The van der Waals surface area contributed by atoms with Crippen LogP contribution in [0.25, 0.3) is 92.2 Å². The lowest BCUT2D eigenvalue weighted by Gasteiger charge is -2.26. The van der Waals surface area contributed by atoms with Gasteiger partial charge in [-0.25, -0.2) is 0 Å². The second-order valence-electron chi connectivity index (χ2n) is 16.1. The van der Waals surface area contributed by atoms with Gasteiger partial charge in [0.15, 0.2) is 0 Å². The van der Waals surface area contributed by atoms with Gasteiger partial charge in [-0.1, -0.05) is 176 Å². The maximum Gasteiger partial charge on any atom is 0.0541 e. The summed E-state index contributed by atoms with van der Waals surface area (Å²) in [4.78, 5) is 2.38. The van der Waals surface area contributed by atoms with Crippen LogP contribution in [0.5, 0.6) is 0 Å². The number of benzene rings is 10. The van der Waals surface area contributed by atoms with Gasteiger partial charge in [-0.2, -0.15) is 0 Å². The van der Waals surface area contributed by atoms with Crippen molar-refractivity contribution in [3.8, 4) is 50.2 Å². The molecule has 2 heterocycles. The number of hydrogen-bond acceptors (Lipinski definition) is 2. The Labute approximate surface area is 370 Å². The van der Waals surface area contributed by atoms with Crippen LogP contribution in [-0.2, 0) is 0 Å². The molecule has 0 bridgehead atoms. The molecule has 63 heavy (non-hydrogen) atoms. The van der Waals surface area contributed by atoms with Gasteiger partial charge in [-0.05, 0) is 106 Å². The third-order valence-corrected chi connectivity index (χ3v) is 13.6. The van der Waals surface area contributed by atoms with Crippen LogP contribution >= 0.6 is 11.3 Å². The van der Waals surface area contributed by atoms with Crippen LogP contribution in [0, 0.1) is 0 Å². The van der Waals surface area contributed by atoms with Gasteiger partial charge in [0, 0.05) is 53.6 Å². The maximum atomic E-state index is 2.42. The van der Waals surface area contributed by atoms with Crippen molar-refractivity contribution in [3.05, 3.63) is 243 Å². The minimum atomic E-state index is 1.10. The molecule has 0 radical (unpaired) electrons. The molecule has 12 aromatic rings. The molecule has 3 heteroatoms. The lowest BCUT2D eigenvalue weighted by Crippen LogP contribution is -2.09. The lowest BCUT2D eigenvalue weighted by molar-refractivity contribution is 1.18. The van der Waals surface area contributed by atoms with Crippen LogP contribution in [0.1, 0.15) is 0 Å². The maximum absolute atomic E-state index is 2.42. The van der Waals surface area contributed by atoms with Crippen molar-refractivity contribution in [2.24, 2.45) is 0 Å². The highest BCUT2D eigenvalue weighted by Gasteiger charge is 2.18. The Balaban J connectivity index is 0.908. The van der Waals surface area contributed by atoms with E-state index in [2.05, 4.69) is 252 Å². The van der Waals surface area contributed by atoms with Crippen LogP contribution < -0.4 is 4.90 Å². The van der Waals surface area contributed by atoms with Gasteiger partial charge in [0.1, 0.15) is 0 Å². The Bertz CT molecular complexity index is 3550. The highest BCUT2D eigenvalue weighted by Crippen LogP contribution is 2.42. The monoisotopic (exact) mass is 820 g/mol. The molecule has 0 N–H and O–H groups in total. The van der Waals surface area contributed by atoms with Crippen molar-refractivity contribution in [1.82, 2.24) is 4.57 Å². The fraction of sp³-hybridized carbons (Fsp3) is 0. The van der Waals surface area contributed by atoms with E-state index in [1.54, 1.807) is 0 Å². The number of anilines is 3. The van der Waals surface area contributed by atoms with Crippen molar-refractivity contribution >= 4 is 70.4 Å². The number of nitrogens with zero attached hydrogens (tertiary/aromatic N) is 2. The molecule has 0 saturated heterocycles. The molecule has 0 aliphatic carbocycles. The Morgan fingerprint density at radius 3 is 1.41 bits per heavy atom. The molecular formula is C60H40N2S. The number of para-hydroxylation sites is 3. The van der Waals surface area contributed by atoms with E-state index < -0.39 is 0 Å². The smallest absolute Gasteiger partial charge is 0.0541 e. The molecule has 0 aliphatic rings. The quantitative estimate of drug-likeness (QED) is 0.148. The van der Waals surface area contributed by atoms with E-state index in [0.717, 1.165) is 17.1 Å². The fourth-order valence-electron chi connectivity index (χ4n) is 9.35. The average Bonchev–Trinajstić information content (AvgIpc) is 3.90. The highest BCUT2D eigenvalue weighted by atomic mass is 32.1. The molecule has 0 amide bonds. The lowest BCUT2D eigenvalue weighted by atomic mass is 9.97. The molecule has 0 unspecified atom stereocenters. The van der Waals surface area contributed by atoms with E-state index >= 15 is 0 Å². The van der Waals surface area contributed by atoms with Crippen molar-refractivity contribution in [2.45, 2.75) is 0 Å². The molecule has 296 valence electrons. The van der Waals surface area contributed by atoms with Gasteiger partial charge < -0.3 is 9.47 Å². The van der Waals surface area contributed by atoms with Gasteiger partial charge in [0.05, 0.1) is 16.7 Å². The zero-order chi connectivity index (χ0) is 41.7. The normalized spacial score (nSPS) is 11.5. The third-order valence-electron chi connectivity index (χ3n) is 12.4. The fourth-order valence-corrected chi connectivity index (χ4v) is 10.5. The van der Waals surface area contributed by atoms with Crippen molar-refractivity contribution in [1.29, 1.82) is 0 Å². The number of thiophene rings is 1. The van der Waals surface area contributed by atoms with Gasteiger partial charge in [-0.3, -0.25) is 0 Å². The minimum absolute atomic E-state index is 1.10. The van der Waals surface area contributed by atoms with Crippen LogP contribution in [0.15, 0.2) is 243 Å². The molecule has 0 spiro atoms. The first-order chi connectivity index (χ1) is 31.2. The Kier molecular flexibility index (Phi) is 9.06. The van der Waals surface area contributed by atoms with Crippen LogP contribution in [0.2, 0.25) is 0 Å². The second kappa shape index (κ2) is 15.5. The summed E-state index contributed by atoms with van der Waals surface area (Å²) in [5, 5.41) is 5.13. The van der Waals surface area contributed by atoms with Crippen LogP contribution in [0.4, 0.5) is 17.1 Å². The zero-order valence-electron chi connectivity index (χ0n) is 34.4. The van der Waals surface area contributed by atoms with Gasteiger partial charge in [-0.15, -0.1) is 11.3 Å². The zero-order valence-corrected chi connectivity index (χ0v) is 35.2. The molecule has 10 aromatic carbocycles. The standard InChI is InChI=1S/C60H40N2S/c1-2-13-41(14-3-1)42-25-27-43(28-26-42)44-29-33-48(34-30-44)61(50-37-38-55-54-20-7-11-24-59(54)63-60(55)40-50)49-35-31-45(32-36-49)46-15-12-16-47(39-46)51-17-4-8-21-56(51)62-57-22-9-5-18-52(57)53-19-6-10-23-58(53)62/h1-40H. The van der Waals surface area contributed by atoms with E-state index in [0.29, 0.717) is 0 Å². The van der Waals surface area contributed by atoms with Crippen LogP contribution in [-0.4, -0.2) is 4.57 Å². The van der Waals surface area contributed by atoms with E-state index in [-0.39, 0.29) is 0 Å². The first-order valence-electron chi connectivity index (χ1n) is 21.5. The molecule has 2 aromatic heterocycles. The largest absolute Gasteiger partial charge is 0.310 e. The molecule has 0 saturated carbocycles. The van der Waals surface area contributed by atoms with E-state index in [9.17, 15) is 0 Å². The minimum Gasteiger partial charge on any atom is -0.310 e. The van der Waals surface area contributed by atoms with E-state index in [4.69, 9.17) is 0 Å². The first kappa shape index (κ1) is 36.8. The molecule has 0 fully saturated rings. The Hall–Kier alpha value is -7.98. The Morgan fingerprint density at radius 1 is 0.286 bits per heavy atom. The summed E-state index contributed by atoms with van der Waals surface area (Å²) in [6, 6.07) is 88.3. The topological polar surface area (TPSA) is 8.17 Å². The Morgan fingerprint density at radius 2 is 0.746 bits per heavy atom. The number of fused-ring (bicyclic) bond motifs is 6. The second-order valence-corrected chi connectivity index (χ2v) is 17.2. The summed E-state index contributed by atoms with van der Waals surface area (Å²) in [7, 11) is 0. The summed E-state index contributed by atoms with van der Waals surface area (Å²) in [5.74, 6) is 0. The first-order valence-corrected chi connectivity index (χ1v) is 22.3. The van der Waals surface area contributed by atoms with Crippen molar-refractivity contribution in [3.63, 3.8) is 0 Å². The summed E-state index contributed by atoms with van der Waals surface area (Å²) in [6.07, 6.45) is 0. The van der Waals surface area contributed by atoms with E-state index in [1.165, 1.54) is 92.2 Å². The summed E-state index contributed by atoms with van der Waals surface area (Å²) >= 11 is 1.85. The molecule has 2 nitrogen and oxygen atoms in total. The highest BCUT2D eigenvalue weighted by molar-refractivity contribution is 7.25. The average molecular weight is 821 g/mol. The molecular weight excluding hydrogens is 781 g/mol. The predicted molar refractivity (Wildman–Crippen MR) is 270 cm³/mol. The summed E-state index contributed by atoms with van der Waals surface area (Å²) in [6.45, 7) is 0.